The highest BCUT2D eigenvalue weighted by molar-refractivity contribution is 5.82. The fraction of sp³-hybridized carbons (Fsp3) is 0.448. The molecule has 3 unspecified atom stereocenters. The predicted octanol–water partition coefficient (Wildman–Crippen LogP) is 4.85. The molecule has 0 bridgehead atoms. The largest absolute Gasteiger partial charge is 0.328 e. The van der Waals surface area contributed by atoms with Crippen LogP contribution in [-0.4, -0.2) is 40.5 Å². The van der Waals surface area contributed by atoms with E-state index in [-0.39, 0.29) is 23.4 Å². The maximum atomic E-state index is 14.0. The van der Waals surface area contributed by atoms with Crippen LogP contribution in [0.25, 0.3) is 22.5 Å². The van der Waals surface area contributed by atoms with Crippen molar-refractivity contribution in [1.82, 2.24) is 34.7 Å². The van der Waals surface area contributed by atoms with Crippen LogP contribution in [0.1, 0.15) is 70.2 Å². The first-order valence-corrected chi connectivity index (χ1v) is 13.6. The molecule has 9 nitrogen and oxygen atoms in total. The number of benzene rings is 1. The molecule has 1 fully saturated rings. The Hall–Kier alpha value is -3.88. The number of carbonyl (C=O) groups excluding carboxylic acids is 1. The molecule has 3 aromatic heterocycles. The van der Waals surface area contributed by atoms with Gasteiger partial charge in [0, 0.05) is 35.8 Å². The van der Waals surface area contributed by atoms with Gasteiger partial charge in [0.05, 0.1) is 12.6 Å². The average molecular weight is 514 g/mol. The van der Waals surface area contributed by atoms with Crippen LogP contribution in [0.5, 0.6) is 0 Å². The van der Waals surface area contributed by atoms with Gasteiger partial charge in [-0.05, 0) is 71.7 Å². The molecule has 1 aliphatic rings. The summed E-state index contributed by atoms with van der Waals surface area (Å²) in [7, 11) is 0. The van der Waals surface area contributed by atoms with Gasteiger partial charge >= 0.3 is 5.69 Å². The fourth-order valence-corrected chi connectivity index (χ4v) is 6.05. The summed E-state index contributed by atoms with van der Waals surface area (Å²) >= 11 is 0. The van der Waals surface area contributed by atoms with E-state index in [1.165, 1.54) is 0 Å². The molecule has 3 atom stereocenters. The minimum absolute atomic E-state index is 0.0461. The number of unbranched alkanes of at least 4 members (excludes halogenated alkanes) is 1. The van der Waals surface area contributed by atoms with Gasteiger partial charge in [-0.15, -0.1) is 5.10 Å². The van der Waals surface area contributed by atoms with Gasteiger partial charge in [-0.2, -0.15) is 0 Å². The molecule has 0 radical (unpaired) electrons. The summed E-state index contributed by atoms with van der Waals surface area (Å²) in [6.45, 7) is 6.37. The van der Waals surface area contributed by atoms with Crippen molar-refractivity contribution in [2.45, 2.75) is 71.9 Å². The summed E-state index contributed by atoms with van der Waals surface area (Å²) in [6, 6.07) is 9.83. The van der Waals surface area contributed by atoms with Crippen LogP contribution in [0.3, 0.4) is 0 Å². The number of tetrazole rings is 1. The molecule has 0 aliphatic heterocycles. The van der Waals surface area contributed by atoms with E-state index in [1.807, 2.05) is 51.9 Å². The number of carbonyl (C=O) groups is 1. The highest BCUT2D eigenvalue weighted by atomic mass is 16.2. The number of H-pyrrole nitrogens is 1. The number of hydrogen-bond donors (Lipinski definition) is 1. The number of aromatic amines is 1. The number of aromatic nitrogens is 7. The Morgan fingerprint density at radius 2 is 1.92 bits per heavy atom. The molecule has 1 saturated carbocycles. The lowest BCUT2D eigenvalue weighted by molar-refractivity contribution is -0.121. The Morgan fingerprint density at radius 3 is 2.63 bits per heavy atom. The van der Waals surface area contributed by atoms with Gasteiger partial charge in [0.1, 0.15) is 5.78 Å². The van der Waals surface area contributed by atoms with Gasteiger partial charge < -0.3 is 0 Å². The van der Waals surface area contributed by atoms with E-state index >= 15 is 0 Å². The van der Waals surface area contributed by atoms with Crippen LogP contribution in [0.2, 0.25) is 0 Å². The van der Waals surface area contributed by atoms with Crippen LogP contribution in [-0.2, 0) is 17.8 Å². The number of Topliss-reactive ketones (excluding diaryl/α,β-unsaturated/α-hetero) is 1. The van der Waals surface area contributed by atoms with E-state index in [0.717, 1.165) is 66.5 Å². The highest BCUT2D eigenvalue weighted by Crippen LogP contribution is 2.42. The Kier molecular flexibility index (Phi) is 7.62. The smallest absolute Gasteiger partial charge is 0.300 e. The van der Waals surface area contributed by atoms with E-state index in [9.17, 15) is 9.59 Å². The predicted molar refractivity (Wildman–Crippen MR) is 145 cm³/mol. The zero-order valence-corrected chi connectivity index (χ0v) is 22.3. The molecular formula is C29H35N7O2. The molecule has 9 heteroatoms. The summed E-state index contributed by atoms with van der Waals surface area (Å²) in [5, 5.41) is 14.5. The first-order chi connectivity index (χ1) is 18.5. The first kappa shape index (κ1) is 25.8. The molecule has 1 aromatic carbocycles. The summed E-state index contributed by atoms with van der Waals surface area (Å²) < 4.78 is 3.76. The fourth-order valence-electron chi connectivity index (χ4n) is 6.05. The lowest BCUT2D eigenvalue weighted by atomic mass is 9.93. The van der Waals surface area contributed by atoms with Gasteiger partial charge in [-0.1, -0.05) is 51.0 Å². The minimum Gasteiger partial charge on any atom is -0.300 e. The second-order valence-electron chi connectivity index (χ2n) is 10.3. The monoisotopic (exact) mass is 513 g/mol. The molecule has 0 saturated heterocycles. The van der Waals surface area contributed by atoms with Crippen LogP contribution in [0.4, 0.5) is 0 Å². The van der Waals surface area contributed by atoms with Crippen LogP contribution >= 0.6 is 0 Å². The summed E-state index contributed by atoms with van der Waals surface area (Å²) in [6.07, 6.45) is 11.2. The third-order valence-corrected chi connectivity index (χ3v) is 8.03. The zero-order valence-electron chi connectivity index (χ0n) is 22.3. The van der Waals surface area contributed by atoms with Crippen molar-refractivity contribution >= 4 is 5.78 Å². The number of nitrogens with one attached hydrogen (secondary N) is 1. The Bertz CT molecular complexity index is 1450. The molecule has 38 heavy (non-hydrogen) atoms. The molecule has 1 N–H and O–H groups in total. The average Bonchev–Trinajstić information content (AvgIpc) is 3.68. The van der Waals surface area contributed by atoms with Crippen molar-refractivity contribution in [3.05, 3.63) is 70.7 Å². The van der Waals surface area contributed by atoms with Crippen molar-refractivity contribution < 1.29 is 4.79 Å². The van der Waals surface area contributed by atoms with Crippen LogP contribution in [0, 0.1) is 11.8 Å². The number of nitrogens with zero attached hydrogens (tertiary/aromatic N) is 6. The minimum atomic E-state index is -0.108. The highest BCUT2D eigenvalue weighted by Gasteiger charge is 2.40. The standard InChI is InChI=1S/C29H35N7O2/c1-4-6-9-22-18-36(27-20(5-2)12-13-23(27)19(3)37)29(38)35(22)17-21-16-30-15-14-24(21)25-10-7-8-11-26(25)28-31-33-34-32-28/h7-8,10-11,14-16,18,20,23,27H,4-6,9,12-13,17H2,1-3H3,(H,31,32,33,34). The van der Waals surface area contributed by atoms with Crippen molar-refractivity contribution in [3.8, 4) is 22.5 Å². The van der Waals surface area contributed by atoms with Gasteiger partial charge in [0.15, 0.2) is 5.82 Å². The van der Waals surface area contributed by atoms with Gasteiger partial charge in [0.2, 0.25) is 0 Å². The van der Waals surface area contributed by atoms with E-state index < -0.39 is 0 Å². The van der Waals surface area contributed by atoms with E-state index in [0.29, 0.717) is 18.3 Å². The van der Waals surface area contributed by atoms with E-state index in [4.69, 9.17) is 0 Å². The summed E-state index contributed by atoms with van der Waals surface area (Å²) in [4.78, 5) is 31.0. The van der Waals surface area contributed by atoms with Gasteiger partial charge in [-0.3, -0.25) is 18.9 Å². The third kappa shape index (κ3) is 4.85. The molecule has 0 spiro atoms. The van der Waals surface area contributed by atoms with E-state index in [1.54, 1.807) is 13.1 Å². The molecule has 198 valence electrons. The lowest BCUT2D eigenvalue weighted by Crippen LogP contribution is -2.34. The number of rotatable bonds is 10. The second kappa shape index (κ2) is 11.2. The first-order valence-electron chi connectivity index (χ1n) is 13.6. The van der Waals surface area contributed by atoms with Gasteiger partial charge in [-0.25, -0.2) is 9.89 Å². The SMILES string of the molecule is CCCCc1cn(C2C(CC)CCC2C(C)=O)c(=O)n1Cc1cnccc1-c1ccccc1-c1nnn[nH]1. The maximum Gasteiger partial charge on any atom is 0.328 e. The number of hydrogen-bond acceptors (Lipinski definition) is 6. The zero-order chi connectivity index (χ0) is 26.6. The van der Waals surface area contributed by atoms with Crippen molar-refractivity contribution in [2.24, 2.45) is 11.8 Å². The van der Waals surface area contributed by atoms with Crippen molar-refractivity contribution in [2.75, 3.05) is 0 Å². The maximum absolute atomic E-state index is 14.0. The Morgan fingerprint density at radius 1 is 1.11 bits per heavy atom. The number of pyridine rings is 1. The van der Waals surface area contributed by atoms with Crippen molar-refractivity contribution in [1.29, 1.82) is 0 Å². The molecule has 1 aliphatic carbocycles. The quantitative estimate of drug-likeness (QED) is 0.325. The number of aryl methyl sites for hydroxylation is 1. The normalized spacial score (nSPS) is 19.2. The van der Waals surface area contributed by atoms with Crippen LogP contribution in [0.15, 0.2) is 53.7 Å². The summed E-state index contributed by atoms with van der Waals surface area (Å²) in [5.41, 5.74) is 4.71. The van der Waals surface area contributed by atoms with E-state index in [2.05, 4.69) is 39.5 Å². The molecular weight excluding hydrogens is 478 g/mol. The summed E-state index contributed by atoms with van der Waals surface area (Å²) in [5.74, 6) is 0.975. The second-order valence-corrected chi connectivity index (χ2v) is 10.3. The lowest BCUT2D eigenvalue weighted by Gasteiger charge is -2.23. The molecule has 4 aromatic rings. The van der Waals surface area contributed by atoms with Crippen molar-refractivity contribution in [3.63, 3.8) is 0 Å². The molecule has 0 amide bonds. The molecule has 5 rings (SSSR count). The number of ketones is 1. The molecule has 3 heterocycles. The Labute approximate surface area is 222 Å². The van der Waals surface area contributed by atoms with Gasteiger partial charge in [0.25, 0.3) is 0 Å². The third-order valence-electron chi connectivity index (χ3n) is 8.03. The topological polar surface area (TPSA) is 111 Å². The number of imidazole rings is 1. The Balaban J connectivity index is 1.59. The van der Waals surface area contributed by atoms with Crippen LogP contribution < -0.4 is 5.69 Å².